The van der Waals surface area contributed by atoms with E-state index in [0.717, 1.165) is 17.7 Å². The number of aryl methyl sites for hydroxylation is 1. The Morgan fingerprint density at radius 1 is 1.00 bits per heavy atom. The fourth-order valence-electron chi connectivity index (χ4n) is 1.98. The van der Waals surface area contributed by atoms with Crippen LogP contribution in [-0.4, -0.2) is 7.11 Å². The van der Waals surface area contributed by atoms with E-state index in [4.69, 9.17) is 16.3 Å². The SMILES string of the molecule is COc1ccc(C(F)(F)F)cc1-c1cc(Cl)ccc1C. The van der Waals surface area contributed by atoms with E-state index in [2.05, 4.69) is 0 Å². The third-order valence-corrected chi connectivity index (χ3v) is 3.25. The number of methoxy groups -OCH3 is 1. The van der Waals surface area contributed by atoms with Crippen molar-refractivity contribution in [3.63, 3.8) is 0 Å². The molecular formula is C15H12ClF3O. The highest BCUT2D eigenvalue weighted by molar-refractivity contribution is 6.30. The average molecular weight is 301 g/mol. The summed E-state index contributed by atoms with van der Waals surface area (Å²) in [5.41, 5.74) is 1.11. The van der Waals surface area contributed by atoms with Gasteiger partial charge in [-0.3, -0.25) is 0 Å². The van der Waals surface area contributed by atoms with E-state index < -0.39 is 11.7 Å². The van der Waals surface area contributed by atoms with Crippen molar-refractivity contribution in [3.8, 4) is 16.9 Å². The molecule has 0 radical (unpaired) electrons. The van der Waals surface area contributed by atoms with Crippen molar-refractivity contribution in [1.29, 1.82) is 0 Å². The summed E-state index contributed by atoms with van der Waals surface area (Å²) in [5.74, 6) is 0.378. The number of benzene rings is 2. The number of halogens is 4. The van der Waals surface area contributed by atoms with Crippen LogP contribution in [0.5, 0.6) is 5.75 Å². The summed E-state index contributed by atoms with van der Waals surface area (Å²) in [4.78, 5) is 0. The number of hydrogen-bond acceptors (Lipinski definition) is 1. The van der Waals surface area contributed by atoms with Crippen LogP contribution in [0.25, 0.3) is 11.1 Å². The van der Waals surface area contributed by atoms with Crippen LogP contribution in [-0.2, 0) is 6.18 Å². The molecule has 20 heavy (non-hydrogen) atoms. The molecule has 0 heterocycles. The van der Waals surface area contributed by atoms with Crippen molar-refractivity contribution >= 4 is 11.6 Å². The lowest BCUT2D eigenvalue weighted by atomic mass is 9.97. The van der Waals surface area contributed by atoms with Gasteiger partial charge in [0.05, 0.1) is 12.7 Å². The number of alkyl halides is 3. The van der Waals surface area contributed by atoms with Crippen LogP contribution in [0, 0.1) is 6.92 Å². The van der Waals surface area contributed by atoms with Crippen molar-refractivity contribution in [1.82, 2.24) is 0 Å². The van der Waals surface area contributed by atoms with Gasteiger partial charge in [0.2, 0.25) is 0 Å². The molecule has 0 bridgehead atoms. The topological polar surface area (TPSA) is 9.23 Å². The van der Waals surface area contributed by atoms with Crippen LogP contribution >= 0.6 is 11.6 Å². The Labute approximate surface area is 119 Å². The van der Waals surface area contributed by atoms with Crippen molar-refractivity contribution < 1.29 is 17.9 Å². The predicted octanol–water partition coefficient (Wildman–Crippen LogP) is 5.34. The van der Waals surface area contributed by atoms with Gasteiger partial charge in [-0.05, 0) is 48.4 Å². The molecule has 0 aromatic heterocycles. The molecule has 106 valence electrons. The predicted molar refractivity (Wildman–Crippen MR) is 73.2 cm³/mol. The first-order valence-electron chi connectivity index (χ1n) is 5.84. The lowest BCUT2D eigenvalue weighted by molar-refractivity contribution is -0.137. The average Bonchev–Trinajstić information content (AvgIpc) is 2.40. The van der Waals surface area contributed by atoms with Crippen LogP contribution in [0.3, 0.4) is 0 Å². The largest absolute Gasteiger partial charge is 0.496 e. The van der Waals surface area contributed by atoms with E-state index in [9.17, 15) is 13.2 Å². The second-order valence-electron chi connectivity index (χ2n) is 4.37. The highest BCUT2D eigenvalue weighted by Gasteiger charge is 2.31. The fraction of sp³-hybridized carbons (Fsp3) is 0.200. The van der Waals surface area contributed by atoms with Gasteiger partial charge in [0, 0.05) is 10.6 Å². The van der Waals surface area contributed by atoms with Gasteiger partial charge in [-0.15, -0.1) is 0 Å². The van der Waals surface area contributed by atoms with Crippen molar-refractivity contribution in [3.05, 3.63) is 52.5 Å². The highest BCUT2D eigenvalue weighted by atomic mass is 35.5. The second-order valence-corrected chi connectivity index (χ2v) is 4.81. The standard InChI is InChI=1S/C15H12ClF3O/c1-9-3-5-11(16)8-12(9)13-7-10(15(17,18)19)4-6-14(13)20-2/h3-8H,1-2H3. The van der Waals surface area contributed by atoms with E-state index >= 15 is 0 Å². The van der Waals surface area contributed by atoms with Gasteiger partial charge >= 0.3 is 6.18 Å². The number of ether oxygens (including phenoxy) is 1. The van der Waals surface area contributed by atoms with Gasteiger partial charge in [0.1, 0.15) is 5.75 Å². The zero-order valence-corrected chi connectivity index (χ0v) is 11.6. The van der Waals surface area contributed by atoms with Gasteiger partial charge in [0.25, 0.3) is 0 Å². The molecule has 0 fully saturated rings. The van der Waals surface area contributed by atoms with Gasteiger partial charge in [0.15, 0.2) is 0 Å². The smallest absolute Gasteiger partial charge is 0.416 e. The van der Waals surface area contributed by atoms with E-state index in [1.54, 1.807) is 18.2 Å². The Hall–Kier alpha value is -1.68. The first-order valence-corrected chi connectivity index (χ1v) is 6.22. The molecule has 0 saturated carbocycles. The van der Waals surface area contributed by atoms with Crippen LogP contribution in [0.15, 0.2) is 36.4 Å². The molecule has 0 saturated heterocycles. The quantitative estimate of drug-likeness (QED) is 0.727. The van der Waals surface area contributed by atoms with Crippen molar-refractivity contribution in [2.75, 3.05) is 7.11 Å². The van der Waals surface area contributed by atoms with Crippen LogP contribution in [0.1, 0.15) is 11.1 Å². The summed E-state index contributed by atoms with van der Waals surface area (Å²) >= 11 is 5.93. The molecule has 0 N–H and O–H groups in total. The van der Waals surface area contributed by atoms with Crippen LogP contribution in [0.4, 0.5) is 13.2 Å². The Morgan fingerprint density at radius 2 is 1.70 bits per heavy atom. The lowest BCUT2D eigenvalue weighted by Gasteiger charge is -2.14. The number of rotatable bonds is 2. The highest BCUT2D eigenvalue weighted by Crippen LogP contribution is 2.38. The molecule has 2 aromatic rings. The molecule has 0 unspecified atom stereocenters. The molecule has 0 aliphatic rings. The van der Waals surface area contributed by atoms with E-state index in [1.807, 2.05) is 6.92 Å². The summed E-state index contributed by atoms with van der Waals surface area (Å²) in [7, 11) is 1.42. The summed E-state index contributed by atoms with van der Waals surface area (Å²) in [6.07, 6.45) is -4.40. The van der Waals surface area contributed by atoms with Gasteiger partial charge in [-0.1, -0.05) is 17.7 Å². The fourth-order valence-corrected chi connectivity index (χ4v) is 2.15. The Morgan fingerprint density at radius 3 is 2.30 bits per heavy atom. The zero-order chi connectivity index (χ0) is 14.9. The summed E-state index contributed by atoms with van der Waals surface area (Å²) in [6.45, 7) is 1.81. The molecule has 0 atom stereocenters. The van der Waals surface area contributed by atoms with Crippen LogP contribution in [0.2, 0.25) is 5.02 Å². The van der Waals surface area contributed by atoms with Crippen LogP contribution < -0.4 is 4.74 Å². The maximum absolute atomic E-state index is 12.8. The first-order chi connectivity index (χ1) is 9.32. The van der Waals surface area contributed by atoms with Crippen molar-refractivity contribution in [2.24, 2.45) is 0 Å². The summed E-state index contributed by atoms with van der Waals surface area (Å²) in [5, 5.41) is 0.463. The molecule has 0 amide bonds. The third kappa shape index (κ3) is 2.90. The monoisotopic (exact) mass is 300 g/mol. The first kappa shape index (κ1) is 14.7. The summed E-state index contributed by atoms with van der Waals surface area (Å²) < 4.78 is 43.6. The second kappa shape index (κ2) is 5.37. The minimum Gasteiger partial charge on any atom is -0.496 e. The number of hydrogen-bond donors (Lipinski definition) is 0. The maximum atomic E-state index is 12.8. The van der Waals surface area contributed by atoms with Gasteiger partial charge in [-0.25, -0.2) is 0 Å². The Balaban J connectivity index is 2.67. The van der Waals surface area contributed by atoms with E-state index in [0.29, 0.717) is 21.9 Å². The van der Waals surface area contributed by atoms with E-state index in [1.165, 1.54) is 13.2 Å². The molecule has 2 rings (SSSR count). The molecule has 0 aliphatic heterocycles. The van der Waals surface area contributed by atoms with Crippen molar-refractivity contribution in [2.45, 2.75) is 13.1 Å². The van der Waals surface area contributed by atoms with E-state index in [-0.39, 0.29) is 0 Å². The maximum Gasteiger partial charge on any atom is 0.416 e. The molecule has 0 aliphatic carbocycles. The zero-order valence-electron chi connectivity index (χ0n) is 10.9. The molecule has 1 nitrogen and oxygen atoms in total. The normalized spacial score (nSPS) is 11.5. The van der Waals surface area contributed by atoms with Gasteiger partial charge in [-0.2, -0.15) is 13.2 Å². The third-order valence-electron chi connectivity index (χ3n) is 3.02. The molecule has 5 heteroatoms. The summed E-state index contributed by atoms with van der Waals surface area (Å²) in [6, 6.07) is 8.49. The molecule has 2 aromatic carbocycles. The molecule has 0 spiro atoms. The minimum absolute atomic E-state index is 0.377. The Bertz CT molecular complexity index is 636. The molecular weight excluding hydrogens is 289 g/mol. The Kier molecular flexibility index (Phi) is 3.95. The lowest BCUT2D eigenvalue weighted by Crippen LogP contribution is -2.05. The van der Waals surface area contributed by atoms with Gasteiger partial charge < -0.3 is 4.74 Å². The minimum atomic E-state index is -4.40.